The minimum Gasteiger partial charge on any atom is -0.331 e. The molecule has 1 heterocycles. The van der Waals surface area contributed by atoms with Crippen molar-refractivity contribution in [3.8, 4) is 0 Å². The molecule has 1 aliphatic heterocycles. The third-order valence-electron chi connectivity index (χ3n) is 4.00. The molecule has 25 heavy (non-hydrogen) atoms. The van der Waals surface area contributed by atoms with Crippen molar-refractivity contribution >= 4 is 35.1 Å². The van der Waals surface area contributed by atoms with Crippen molar-refractivity contribution in [1.82, 2.24) is 4.90 Å². The SMILES string of the molecule is Cc1cccc(N2C(=O)CSC2c2ccc(NC(=O)N(C)C)cc2)c1. The quantitative estimate of drug-likeness (QED) is 0.909. The number of aryl methyl sites for hydroxylation is 1. The Hall–Kier alpha value is -2.47. The Morgan fingerprint density at radius 1 is 1.20 bits per heavy atom. The highest BCUT2D eigenvalue weighted by molar-refractivity contribution is 8.00. The molecule has 1 atom stereocenters. The second kappa shape index (κ2) is 7.19. The van der Waals surface area contributed by atoms with Gasteiger partial charge in [0.15, 0.2) is 0 Å². The van der Waals surface area contributed by atoms with Gasteiger partial charge in [-0.2, -0.15) is 0 Å². The van der Waals surface area contributed by atoms with Crippen LogP contribution in [0.2, 0.25) is 0 Å². The first-order valence-electron chi connectivity index (χ1n) is 8.04. The molecule has 1 fully saturated rings. The Kier molecular flexibility index (Phi) is 4.99. The molecule has 0 spiro atoms. The largest absolute Gasteiger partial charge is 0.331 e. The summed E-state index contributed by atoms with van der Waals surface area (Å²) in [7, 11) is 3.40. The monoisotopic (exact) mass is 355 g/mol. The molecule has 1 unspecified atom stereocenters. The second-order valence-corrected chi connectivity index (χ2v) is 7.28. The zero-order valence-corrected chi connectivity index (χ0v) is 15.3. The molecule has 1 aliphatic rings. The molecule has 0 bridgehead atoms. The minimum absolute atomic E-state index is 0.0482. The topological polar surface area (TPSA) is 52.7 Å². The van der Waals surface area contributed by atoms with Gasteiger partial charge in [0.25, 0.3) is 0 Å². The number of benzene rings is 2. The molecule has 130 valence electrons. The van der Waals surface area contributed by atoms with Crippen LogP contribution in [0, 0.1) is 6.92 Å². The number of carbonyl (C=O) groups is 2. The molecule has 0 aromatic heterocycles. The van der Waals surface area contributed by atoms with Gasteiger partial charge in [-0.3, -0.25) is 9.69 Å². The van der Waals surface area contributed by atoms with Crippen molar-refractivity contribution in [2.24, 2.45) is 0 Å². The van der Waals surface area contributed by atoms with Gasteiger partial charge in [-0.25, -0.2) is 4.79 Å². The van der Waals surface area contributed by atoms with E-state index in [4.69, 9.17) is 0 Å². The summed E-state index contributed by atoms with van der Waals surface area (Å²) < 4.78 is 0. The Balaban J connectivity index is 1.82. The molecule has 0 saturated carbocycles. The van der Waals surface area contributed by atoms with Crippen LogP contribution in [0.3, 0.4) is 0 Å². The molecule has 6 heteroatoms. The van der Waals surface area contributed by atoms with Crippen LogP contribution in [0.25, 0.3) is 0 Å². The number of carbonyl (C=O) groups excluding carboxylic acids is 2. The molecule has 3 rings (SSSR count). The van der Waals surface area contributed by atoms with Gasteiger partial charge in [0.2, 0.25) is 5.91 Å². The van der Waals surface area contributed by atoms with Crippen LogP contribution in [-0.2, 0) is 4.79 Å². The first kappa shape index (κ1) is 17.4. The molecule has 0 aliphatic carbocycles. The number of amides is 3. The lowest BCUT2D eigenvalue weighted by molar-refractivity contribution is -0.115. The predicted octanol–water partition coefficient (Wildman–Crippen LogP) is 3.87. The molecule has 0 radical (unpaired) electrons. The van der Waals surface area contributed by atoms with Crippen LogP contribution in [0.4, 0.5) is 16.2 Å². The van der Waals surface area contributed by atoms with Crippen LogP contribution in [0.1, 0.15) is 16.5 Å². The number of nitrogens with zero attached hydrogens (tertiary/aromatic N) is 2. The molecule has 3 amide bonds. The maximum atomic E-state index is 12.4. The van der Waals surface area contributed by atoms with E-state index in [2.05, 4.69) is 5.32 Å². The maximum absolute atomic E-state index is 12.4. The number of hydrogen-bond acceptors (Lipinski definition) is 3. The Labute approximate surface area is 152 Å². The number of hydrogen-bond donors (Lipinski definition) is 1. The van der Waals surface area contributed by atoms with Crippen molar-refractivity contribution in [2.75, 3.05) is 30.1 Å². The fourth-order valence-corrected chi connectivity index (χ4v) is 3.87. The first-order chi connectivity index (χ1) is 12.0. The van der Waals surface area contributed by atoms with Gasteiger partial charge in [-0.15, -0.1) is 11.8 Å². The van der Waals surface area contributed by atoms with Gasteiger partial charge in [0, 0.05) is 25.5 Å². The smallest absolute Gasteiger partial charge is 0.321 e. The third kappa shape index (κ3) is 3.79. The molecule has 1 saturated heterocycles. The second-order valence-electron chi connectivity index (χ2n) is 6.21. The average Bonchev–Trinajstić information content (AvgIpc) is 2.97. The zero-order chi connectivity index (χ0) is 18.0. The molecular weight excluding hydrogens is 334 g/mol. The van der Waals surface area contributed by atoms with Gasteiger partial charge in [-0.05, 0) is 42.3 Å². The number of rotatable bonds is 3. The minimum atomic E-state index is -0.167. The Bertz CT molecular complexity index is 790. The van der Waals surface area contributed by atoms with Crippen molar-refractivity contribution in [3.05, 3.63) is 59.7 Å². The van der Waals surface area contributed by atoms with Crippen molar-refractivity contribution in [2.45, 2.75) is 12.3 Å². The summed E-state index contributed by atoms with van der Waals surface area (Å²) in [6.07, 6.45) is 0. The summed E-state index contributed by atoms with van der Waals surface area (Å²) in [5, 5.41) is 2.77. The summed E-state index contributed by atoms with van der Waals surface area (Å²) in [5.74, 6) is 0.586. The lowest BCUT2D eigenvalue weighted by atomic mass is 10.1. The Morgan fingerprint density at radius 2 is 1.92 bits per heavy atom. The van der Waals surface area contributed by atoms with Gasteiger partial charge in [0.05, 0.1) is 5.75 Å². The normalized spacial score (nSPS) is 16.8. The molecular formula is C19H21N3O2S. The first-order valence-corrected chi connectivity index (χ1v) is 9.09. The highest BCUT2D eigenvalue weighted by atomic mass is 32.2. The van der Waals surface area contributed by atoms with E-state index in [9.17, 15) is 9.59 Å². The van der Waals surface area contributed by atoms with Gasteiger partial charge in [0.1, 0.15) is 5.37 Å². The summed E-state index contributed by atoms with van der Waals surface area (Å²) in [6.45, 7) is 2.02. The number of urea groups is 1. The van der Waals surface area contributed by atoms with E-state index < -0.39 is 0 Å². The lowest BCUT2D eigenvalue weighted by Crippen LogP contribution is -2.28. The molecule has 2 aromatic carbocycles. The Morgan fingerprint density at radius 3 is 2.56 bits per heavy atom. The van der Waals surface area contributed by atoms with E-state index in [1.54, 1.807) is 25.9 Å². The standard InChI is InChI=1S/C19H21N3O2S/c1-13-5-4-6-16(11-13)22-17(23)12-25-18(22)14-7-9-15(10-8-14)20-19(24)21(2)3/h4-11,18H,12H2,1-3H3,(H,20,24). The van der Waals surface area contributed by atoms with E-state index in [-0.39, 0.29) is 17.3 Å². The highest BCUT2D eigenvalue weighted by Gasteiger charge is 2.34. The summed E-state index contributed by atoms with van der Waals surface area (Å²) in [5.41, 5.74) is 3.83. The highest BCUT2D eigenvalue weighted by Crippen LogP contribution is 2.42. The molecule has 5 nitrogen and oxygen atoms in total. The number of thioether (sulfide) groups is 1. The van der Waals surface area contributed by atoms with Gasteiger partial charge < -0.3 is 10.2 Å². The fraction of sp³-hybridized carbons (Fsp3) is 0.263. The van der Waals surface area contributed by atoms with Crippen LogP contribution in [0.15, 0.2) is 48.5 Å². The summed E-state index contributed by atoms with van der Waals surface area (Å²) in [4.78, 5) is 27.5. The lowest BCUT2D eigenvalue weighted by Gasteiger charge is -2.25. The van der Waals surface area contributed by atoms with Crippen molar-refractivity contribution in [3.63, 3.8) is 0 Å². The zero-order valence-electron chi connectivity index (χ0n) is 14.5. The van der Waals surface area contributed by atoms with E-state index >= 15 is 0 Å². The van der Waals surface area contributed by atoms with E-state index in [1.807, 2.05) is 60.4 Å². The van der Waals surface area contributed by atoms with Crippen molar-refractivity contribution in [1.29, 1.82) is 0 Å². The molecule has 2 aromatic rings. The third-order valence-corrected chi connectivity index (χ3v) is 5.21. The van der Waals surface area contributed by atoms with Gasteiger partial charge in [-0.1, -0.05) is 24.3 Å². The van der Waals surface area contributed by atoms with Gasteiger partial charge >= 0.3 is 6.03 Å². The van der Waals surface area contributed by atoms with E-state index in [0.717, 1.165) is 22.5 Å². The number of nitrogens with one attached hydrogen (secondary N) is 1. The van der Waals surface area contributed by atoms with E-state index in [1.165, 1.54) is 4.90 Å². The summed E-state index contributed by atoms with van der Waals surface area (Å²) >= 11 is 1.62. The van der Waals surface area contributed by atoms with Crippen LogP contribution >= 0.6 is 11.8 Å². The molecule has 1 N–H and O–H groups in total. The van der Waals surface area contributed by atoms with Crippen molar-refractivity contribution < 1.29 is 9.59 Å². The van der Waals surface area contributed by atoms with Crippen LogP contribution in [-0.4, -0.2) is 36.7 Å². The maximum Gasteiger partial charge on any atom is 0.321 e. The summed E-state index contributed by atoms with van der Waals surface area (Å²) in [6, 6.07) is 15.5. The number of anilines is 2. The fourth-order valence-electron chi connectivity index (χ4n) is 2.69. The predicted molar refractivity (Wildman–Crippen MR) is 103 cm³/mol. The van der Waals surface area contributed by atoms with Crippen LogP contribution in [0.5, 0.6) is 0 Å². The van der Waals surface area contributed by atoms with E-state index in [0.29, 0.717) is 5.75 Å². The van der Waals surface area contributed by atoms with Crippen LogP contribution < -0.4 is 10.2 Å². The average molecular weight is 355 g/mol.